The van der Waals surface area contributed by atoms with Gasteiger partial charge in [-0.2, -0.15) is 26.3 Å². The number of alkyl halides is 6. The minimum Gasteiger partial charge on any atom is -0.282 e. The Balaban J connectivity index is 1.98. The second-order valence-electron chi connectivity index (χ2n) is 7.52. The van der Waals surface area contributed by atoms with Crippen LogP contribution in [-0.2, 0) is 6.18 Å². The molecular weight excluding hydrogens is 609 g/mol. The van der Waals surface area contributed by atoms with Gasteiger partial charge in [0.1, 0.15) is 22.7 Å². The van der Waals surface area contributed by atoms with Crippen LogP contribution in [0.2, 0.25) is 20.2 Å². The Morgan fingerprint density at radius 1 is 0.921 bits per heavy atom. The van der Waals surface area contributed by atoms with Crippen molar-refractivity contribution in [2.24, 2.45) is 0 Å². The summed E-state index contributed by atoms with van der Waals surface area (Å²) in [4.78, 5) is 16.2. The standard InChI is InChI=1S/C23H12Cl4F7N3O/c24-15-7-11(8-16(25)20(15)27)13(22(29,30)31)9-17(28)10-4-5-12(14(6-10)23(32,33)34)21(38)37-36-19-3-1-2-18(26)35-19/h1-9,13H,(H,35,36)(H,37,38). The van der Waals surface area contributed by atoms with Gasteiger partial charge >= 0.3 is 12.4 Å². The number of carbonyl (C=O) groups excluding carboxylic acids is 1. The highest BCUT2D eigenvalue weighted by Crippen LogP contribution is 2.42. The maximum absolute atomic E-state index is 15.0. The largest absolute Gasteiger partial charge is 0.417 e. The Hall–Kier alpha value is -2.73. The van der Waals surface area contributed by atoms with Crippen molar-refractivity contribution in [3.63, 3.8) is 0 Å². The van der Waals surface area contributed by atoms with Crippen LogP contribution in [-0.4, -0.2) is 17.1 Å². The molecule has 0 radical (unpaired) electrons. The Morgan fingerprint density at radius 3 is 2.11 bits per heavy atom. The maximum Gasteiger partial charge on any atom is 0.417 e. The number of nitrogens with one attached hydrogen (secondary N) is 2. The molecule has 3 aromatic rings. The first-order chi connectivity index (χ1) is 17.6. The normalized spacial score (nSPS) is 13.3. The summed E-state index contributed by atoms with van der Waals surface area (Å²) in [6.45, 7) is 0. The van der Waals surface area contributed by atoms with E-state index in [-0.39, 0.29) is 38.2 Å². The molecule has 0 aliphatic rings. The van der Waals surface area contributed by atoms with Gasteiger partial charge in [-0.05, 0) is 48.0 Å². The molecule has 1 heterocycles. The Kier molecular flexibility index (Phi) is 9.08. The van der Waals surface area contributed by atoms with Crippen LogP contribution in [0, 0.1) is 0 Å². The zero-order valence-electron chi connectivity index (χ0n) is 18.3. The van der Waals surface area contributed by atoms with E-state index in [0.29, 0.717) is 6.07 Å². The van der Waals surface area contributed by atoms with Gasteiger partial charge in [0.25, 0.3) is 5.91 Å². The molecule has 1 unspecified atom stereocenters. The number of hydrogen-bond donors (Lipinski definition) is 2. The third-order valence-electron chi connectivity index (χ3n) is 4.90. The number of carbonyl (C=O) groups is 1. The molecule has 1 aromatic heterocycles. The van der Waals surface area contributed by atoms with Crippen LogP contribution >= 0.6 is 46.4 Å². The quantitative estimate of drug-likeness (QED) is 0.125. The second kappa shape index (κ2) is 11.6. The van der Waals surface area contributed by atoms with E-state index in [4.69, 9.17) is 46.4 Å². The zero-order valence-corrected chi connectivity index (χ0v) is 21.3. The summed E-state index contributed by atoms with van der Waals surface area (Å²) in [7, 11) is 0. The first kappa shape index (κ1) is 29.8. The van der Waals surface area contributed by atoms with Crippen LogP contribution in [0.15, 0.2) is 54.6 Å². The summed E-state index contributed by atoms with van der Waals surface area (Å²) in [6, 6.07) is 7.41. The van der Waals surface area contributed by atoms with Crippen molar-refractivity contribution in [2.75, 3.05) is 5.43 Å². The molecule has 1 amide bonds. The third kappa shape index (κ3) is 7.22. The summed E-state index contributed by atoms with van der Waals surface area (Å²) in [5.74, 6) is -5.56. The molecule has 0 fully saturated rings. The summed E-state index contributed by atoms with van der Waals surface area (Å²) < 4.78 is 97.4. The lowest BCUT2D eigenvalue weighted by Gasteiger charge is -2.19. The van der Waals surface area contributed by atoms with Gasteiger partial charge in [0.2, 0.25) is 0 Å². The van der Waals surface area contributed by atoms with Crippen molar-refractivity contribution in [2.45, 2.75) is 18.3 Å². The minimum absolute atomic E-state index is 0.00519. The number of amides is 1. The Labute approximate surface area is 230 Å². The predicted octanol–water partition coefficient (Wildman–Crippen LogP) is 9.13. The number of nitrogens with zero attached hydrogens (tertiary/aromatic N) is 1. The predicted molar refractivity (Wildman–Crippen MR) is 131 cm³/mol. The van der Waals surface area contributed by atoms with E-state index >= 15 is 0 Å². The second-order valence-corrected chi connectivity index (χ2v) is 9.09. The van der Waals surface area contributed by atoms with Crippen LogP contribution < -0.4 is 10.9 Å². The van der Waals surface area contributed by atoms with Crippen molar-refractivity contribution < 1.29 is 35.5 Å². The monoisotopic (exact) mass is 619 g/mol. The SMILES string of the molecule is O=C(NNc1cccc(Cl)n1)c1ccc(C(F)=CC(c2cc(Cl)c(Cl)c(Cl)c2)C(F)(F)F)cc1C(F)(F)F. The number of halogens is 11. The highest BCUT2D eigenvalue weighted by molar-refractivity contribution is 6.48. The van der Waals surface area contributed by atoms with Crippen LogP contribution in [0.25, 0.3) is 5.83 Å². The molecule has 0 aliphatic carbocycles. The summed E-state index contributed by atoms with van der Waals surface area (Å²) in [5.41, 5.74) is 0.263. The van der Waals surface area contributed by atoms with E-state index in [1.54, 1.807) is 0 Å². The van der Waals surface area contributed by atoms with E-state index < -0.39 is 52.3 Å². The van der Waals surface area contributed by atoms with Gasteiger partial charge in [0.05, 0.1) is 26.2 Å². The molecule has 38 heavy (non-hydrogen) atoms. The van der Waals surface area contributed by atoms with Crippen LogP contribution in [0.3, 0.4) is 0 Å². The molecule has 4 nitrogen and oxygen atoms in total. The van der Waals surface area contributed by atoms with Gasteiger partial charge in [-0.25, -0.2) is 9.37 Å². The fraction of sp³-hybridized carbons (Fsp3) is 0.130. The fourth-order valence-corrected chi connectivity index (χ4v) is 3.95. The molecule has 0 saturated carbocycles. The summed E-state index contributed by atoms with van der Waals surface area (Å²) >= 11 is 23.0. The summed E-state index contributed by atoms with van der Waals surface area (Å²) in [5, 5.41) is -0.874. The van der Waals surface area contributed by atoms with E-state index in [1.807, 2.05) is 5.43 Å². The van der Waals surface area contributed by atoms with E-state index in [9.17, 15) is 35.5 Å². The molecular formula is C23H12Cl4F7N3O. The number of benzene rings is 2. The number of anilines is 1. The molecule has 0 aliphatic heterocycles. The molecule has 0 spiro atoms. The van der Waals surface area contributed by atoms with Gasteiger partial charge in [0.15, 0.2) is 0 Å². The van der Waals surface area contributed by atoms with Gasteiger partial charge in [-0.3, -0.25) is 15.6 Å². The number of rotatable bonds is 6. The van der Waals surface area contributed by atoms with E-state index in [2.05, 4.69) is 10.4 Å². The first-order valence-corrected chi connectivity index (χ1v) is 11.6. The van der Waals surface area contributed by atoms with Gasteiger partial charge in [-0.15, -0.1) is 0 Å². The Morgan fingerprint density at radius 2 is 1.55 bits per heavy atom. The van der Waals surface area contributed by atoms with Crippen LogP contribution in [0.1, 0.15) is 33.0 Å². The lowest BCUT2D eigenvalue weighted by Crippen LogP contribution is -2.31. The number of aromatic nitrogens is 1. The lowest BCUT2D eigenvalue weighted by molar-refractivity contribution is -0.140. The van der Waals surface area contributed by atoms with Crippen molar-refractivity contribution in [1.29, 1.82) is 0 Å². The number of hydrazine groups is 1. The van der Waals surface area contributed by atoms with E-state index in [1.165, 1.54) is 18.2 Å². The molecule has 3 rings (SSSR count). The summed E-state index contributed by atoms with van der Waals surface area (Å²) in [6.07, 6.45) is -10.2. The fourth-order valence-electron chi connectivity index (χ4n) is 3.17. The highest BCUT2D eigenvalue weighted by atomic mass is 35.5. The number of pyridine rings is 1. The van der Waals surface area contributed by atoms with Crippen molar-refractivity contribution in [3.8, 4) is 0 Å². The number of allylic oxidation sites excluding steroid dienone is 1. The molecule has 2 aromatic carbocycles. The van der Waals surface area contributed by atoms with Gasteiger partial charge in [0, 0.05) is 5.56 Å². The highest BCUT2D eigenvalue weighted by Gasteiger charge is 2.41. The van der Waals surface area contributed by atoms with Crippen LogP contribution in [0.4, 0.5) is 36.6 Å². The smallest absolute Gasteiger partial charge is 0.282 e. The average Bonchev–Trinajstić information content (AvgIpc) is 2.82. The van der Waals surface area contributed by atoms with Crippen molar-refractivity contribution >= 4 is 64.0 Å². The zero-order chi connectivity index (χ0) is 28.4. The van der Waals surface area contributed by atoms with Crippen molar-refractivity contribution in [1.82, 2.24) is 10.4 Å². The van der Waals surface area contributed by atoms with Gasteiger partial charge < -0.3 is 0 Å². The van der Waals surface area contributed by atoms with Crippen LogP contribution in [0.5, 0.6) is 0 Å². The van der Waals surface area contributed by atoms with Crippen molar-refractivity contribution in [3.05, 3.63) is 97.1 Å². The number of hydrogen-bond acceptors (Lipinski definition) is 3. The Bertz CT molecular complexity index is 1370. The molecule has 0 bridgehead atoms. The maximum atomic E-state index is 15.0. The molecule has 2 N–H and O–H groups in total. The first-order valence-electron chi connectivity index (χ1n) is 10.1. The molecule has 1 atom stereocenters. The minimum atomic E-state index is -5.17. The lowest BCUT2D eigenvalue weighted by atomic mass is 9.95. The molecule has 202 valence electrons. The third-order valence-corrected chi connectivity index (χ3v) is 6.30. The average molecular weight is 621 g/mol. The van der Waals surface area contributed by atoms with E-state index in [0.717, 1.165) is 18.2 Å². The molecule has 0 saturated heterocycles. The van der Waals surface area contributed by atoms with Gasteiger partial charge in [-0.1, -0.05) is 58.5 Å². The molecule has 15 heteroatoms. The topological polar surface area (TPSA) is 54.0 Å².